The first kappa shape index (κ1) is 27.1. The maximum atomic E-state index is 14.3. The van der Waals surface area contributed by atoms with E-state index in [-0.39, 0.29) is 28.2 Å². The number of aromatic nitrogens is 1. The zero-order valence-corrected chi connectivity index (χ0v) is 22.4. The number of nitrogens with one attached hydrogen (secondary N) is 1. The molecule has 0 radical (unpaired) electrons. The normalized spacial score (nSPS) is 14.5. The van der Waals surface area contributed by atoms with E-state index < -0.39 is 17.9 Å². The van der Waals surface area contributed by atoms with Gasteiger partial charge in [0.2, 0.25) is 5.91 Å². The van der Waals surface area contributed by atoms with E-state index in [1.807, 2.05) is 31.2 Å². The van der Waals surface area contributed by atoms with Crippen LogP contribution in [0, 0.1) is 0 Å². The number of methoxy groups -OCH3 is 1. The summed E-state index contributed by atoms with van der Waals surface area (Å²) in [6.07, 6.45) is 5.66. The number of hydrogen-bond donors (Lipinski definition) is 3. The lowest BCUT2D eigenvalue weighted by atomic mass is 9.94. The van der Waals surface area contributed by atoms with Gasteiger partial charge in [-0.1, -0.05) is 56.5 Å². The molecule has 3 aromatic rings. The Labute approximate surface area is 226 Å². The van der Waals surface area contributed by atoms with Gasteiger partial charge in [0.1, 0.15) is 16.7 Å². The number of anilines is 2. The predicted octanol–water partition coefficient (Wildman–Crippen LogP) is 4.23. The highest BCUT2D eigenvalue weighted by atomic mass is 32.1. The van der Waals surface area contributed by atoms with Crippen LogP contribution < -0.4 is 26.4 Å². The van der Waals surface area contributed by atoms with Crippen molar-refractivity contribution in [3.05, 3.63) is 70.2 Å². The molecule has 1 unspecified atom stereocenters. The van der Waals surface area contributed by atoms with Crippen LogP contribution in [0.3, 0.4) is 0 Å². The van der Waals surface area contributed by atoms with Crippen LogP contribution in [0.5, 0.6) is 5.75 Å². The minimum absolute atomic E-state index is 0.0327. The summed E-state index contributed by atoms with van der Waals surface area (Å²) in [5, 5.41) is 3.20. The number of carbonyl (C=O) groups is 3. The van der Waals surface area contributed by atoms with Crippen LogP contribution in [0.4, 0.5) is 11.4 Å². The lowest BCUT2D eigenvalue weighted by molar-refractivity contribution is -0.123. The van der Waals surface area contributed by atoms with E-state index in [2.05, 4.69) is 9.69 Å². The summed E-state index contributed by atoms with van der Waals surface area (Å²) in [7, 11) is 1.57. The highest BCUT2D eigenvalue weighted by Crippen LogP contribution is 2.36. The third-order valence-electron chi connectivity index (χ3n) is 6.90. The molecule has 4 rings (SSSR count). The van der Waals surface area contributed by atoms with Gasteiger partial charge in [0, 0.05) is 11.7 Å². The molecular formula is C28H33N5O4S. The number of benzene rings is 2. The number of amides is 3. The van der Waals surface area contributed by atoms with Gasteiger partial charge in [-0.2, -0.15) is 4.37 Å². The van der Waals surface area contributed by atoms with Crippen LogP contribution >= 0.6 is 11.5 Å². The van der Waals surface area contributed by atoms with Crippen LogP contribution in [0.2, 0.25) is 0 Å². The third-order valence-corrected chi connectivity index (χ3v) is 7.75. The number of carbonyl (C=O) groups excluding carboxylic acids is 3. The molecule has 1 fully saturated rings. The van der Waals surface area contributed by atoms with Gasteiger partial charge in [-0.25, -0.2) is 0 Å². The Bertz CT molecular complexity index is 1300. The summed E-state index contributed by atoms with van der Waals surface area (Å²) in [6.45, 7) is 1.98. The Hall–Kier alpha value is -3.92. The average molecular weight is 536 g/mol. The number of primary amides is 1. The molecule has 1 aliphatic carbocycles. The number of ether oxygens (including phenoxy) is 1. The Morgan fingerprint density at radius 3 is 2.39 bits per heavy atom. The summed E-state index contributed by atoms with van der Waals surface area (Å²) >= 11 is 0.796. The van der Waals surface area contributed by atoms with E-state index in [9.17, 15) is 14.4 Å². The van der Waals surface area contributed by atoms with Gasteiger partial charge < -0.3 is 21.5 Å². The van der Waals surface area contributed by atoms with Gasteiger partial charge in [-0.3, -0.25) is 19.3 Å². The summed E-state index contributed by atoms with van der Waals surface area (Å²) in [5.74, 6) is -1.02. The Morgan fingerprint density at radius 2 is 1.79 bits per heavy atom. The van der Waals surface area contributed by atoms with Crippen LogP contribution in [0.15, 0.2) is 48.5 Å². The van der Waals surface area contributed by atoms with Crippen molar-refractivity contribution < 1.29 is 19.1 Å². The van der Waals surface area contributed by atoms with Crippen molar-refractivity contribution in [3.8, 4) is 5.75 Å². The fourth-order valence-electron chi connectivity index (χ4n) is 4.88. The Morgan fingerprint density at radius 1 is 1.11 bits per heavy atom. The average Bonchev–Trinajstić information content (AvgIpc) is 3.33. The number of para-hydroxylation sites is 1. The summed E-state index contributed by atoms with van der Waals surface area (Å²) in [6, 6.07) is 13.6. The number of rotatable bonds is 9. The second-order valence-corrected chi connectivity index (χ2v) is 10.1. The molecule has 0 spiro atoms. The monoisotopic (exact) mass is 535 g/mol. The van der Waals surface area contributed by atoms with Gasteiger partial charge in [-0.05, 0) is 60.1 Å². The summed E-state index contributed by atoms with van der Waals surface area (Å²) in [5.41, 5.74) is 13.4. The van der Waals surface area contributed by atoms with Crippen molar-refractivity contribution >= 4 is 40.6 Å². The van der Waals surface area contributed by atoms with Gasteiger partial charge in [0.15, 0.2) is 5.69 Å². The first-order valence-corrected chi connectivity index (χ1v) is 13.5. The standard InChI is InChI=1S/C28H33N5O4S/c1-3-17-9-7-8-12-21(17)33(28(36)25-22(29)23(26(30)34)32-38-25)24(18-13-15-20(37-2)16-14-18)27(35)31-19-10-5-4-6-11-19/h7-9,12-16,19,24H,3-6,10-11,29H2,1-2H3,(H2,30,34)(H,31,35). The number of nitrogens with zero attached hydrogens (tertiary/aromatic N) is 2. The Balaban J connectivity index is 1.87. The Kier molecular flexibility index (Phi) is 8.62. The molecule has 5 N–H and O–H groups in total. The predicted molar refractivity (Wildman–Crippen MR) is 148 cm³/mol. The van der Waals surface area contributed by atoms with Gasteiger partial charge in [0.05, 0.1) is 12.8 Å². The van der Waals surface area contributed by atoms with Gasteiger partial charge >= 0.3 is 0 Å². The van der Waals surface area contributed by atoms with Crippen molar-refractivity contribution in [1.29, 1.82) is 0 Å². The van der Waals surface area contributed by atoms with Crippen molar-refractivity contribution in [3.63, 3.8) is 0 Å². The minimum atomic E-state index is -1.01. The van der Waals surface area contributed by atoms with Crippen molar-refractivity contribution in [1.82, 2.24) is 9.69 Å². The minimum Gasteiger partial charge on any atom is -0.497 e. The summed E-state index contributed by atoms with van der Waals surface area (Å²) in [4.78, 5) is 41.7. The van der Waals surface area contributed by atoms with Crippen LogP contribution in [0.25, 0.3) is 0 Å². The largest absolute Gasteiger partial charge is 0.497 e. The van der Waals surface area contributed by atoms with E-state index in [0.717, 1.165) is 49.2 Å². The maximum Gasteiger partial charge on any atom is 0.273 e. The van der Waals surface area contributed by atoms with Crippen LogP contribution in [-0.2, 0) is 11.2 Å². The van der Waals surface area contributed by atoms with Crippen molar-refractivity contribution in [2.24, 2.45) is 5.73 Å². The van der Waals surface area contributed by atoms with E-state index in [1.165, 1.54) is 4.90 Å². The molecule has 200 valence electrons. The second kappa shape index (κ2) is 12.1. The lowest BCUT2D eigenvalue weighted by Crippen LogP contribution is -2.47. The summed E-state index contributed by atoms with van der Waals surface area (Å²) < 4.78 is 9.35. The molecule has 9 nitrogen and oxygen atoms in total. The van der Waals surface area contributed by atoms with Crippen LogP contribution in [-0.4, -0.2) is 35.2 Å². The molecule has 3 amide bonds. The molecule has 0 bridgehead atoms. The topological polar surface area (TPSA) is 141 Å². The van der Waals surface area contributed by atoms with Crippen molar-refractivity contribution in [2.75, 3.05) is 17.7 Å². The number of hydrogen-bond acceptors (Lipinski definition) is 7. The molecule has 10 heteroatoms. The van der Waals surface area contributed by atoms with Gasteiger partial charge in [-0.15, -0.1) is 0 Å². The van der Waals surface area contributed by atoms with E-state index in [1.54, 1.807) is 31.4 Å². The van der Waals surface area contributed by atoms with Crippen molar-refractivity contribution in [2.45, 2.75) is 57.5 Å². The van der Waals surface area contributed by atoms with E-state index in [4.69, 9.17) is 16.2 Å². The fraction of sp³-hybridized carbons (Fsp3) is 0.357. The molecule has 2 aromatic carbocycles. The number of nitrogens with two attached hydrogens (primary N) is 2. The smallest absolute Gasteiger partial charge is 0.273 e. The number of aryl methyl sites for hydroxylation is 1. The molecule has 1 aliphatic rings. The molecule has 1 atom stereocenters. The molecular weight excluding hydrogens is 502 g/mol. The maximum absolute atomic E-state index is 14.3. The quantitative estimate of drug-likeness (QED) is 0.374. The second-order valence-electron chi connectivity index (χ2n) is 9.31. The number of nitrogen functional groups attached to an aromatic ring is 1. The fourth-order valence-corrected chi connectivity index (χ4v) is 5.62. The molecule has 0 aliphatic heterocycles. The third kappa shape index (κ3) is 5.65. The van der Waals surface area contributed by atoms with E-state index >= 15 is 0 Å². The highest BCUT2D eigenvalue weighted by molar-refractivity contribution is 7.09. The van der Waals surface area contributed by atoms with E-state index in [0.29, 0.717) is 23.4 Å². The molecule has 1 saturated carbocycles. The van der Waals surface area contributed by atoms with Crippen LogP contribution in [0.1, 0.15) is 76.4 Å². The molecule has 1 aromatic heterocycles. The highest BCUT2D eigenvalue weighted by Gasteiger charge is 2.37. The molecule has 0 saturated heterocycles. The zero-order valence-electron chi connectivity index (χ0n) is 21.6. The SMILES string of the molecule is CCc1ccccc1N(C(=O)c1snc(C(N)=O)c1N)C(C(=O)NC1CCCCC1)c1ccc(OC)cc1. The molecule has 1 heterocycles. The first-order chi connectivity index (χ1) is 18.3. The zero-order chi connectivity index (χ0) is 27.2. The lowest BCUT2D eigenvalue weighted by Gasteiger charge is -2.34. The molecule has 38 heavy (non-hydrogen) atoms. The first-order valence-electron chi connectivity index (χ1n) is 12.8. The van der Waals surface area contributed by atoms with Gasteiger partial charge in [0.25, 0.3) is 11.8 Å².